The lowest BCUT2D eigenvalue weighted by Gasteiger charge is -2.08. The SMILES string of the molecule is COc1ccnc(Nc2cccc(CCC(=N)N=NN)c2)c1. The summed E-state index contributed by atoms with van der Waals surface area (Å²) in [7, 11) is 1.62. The summed E-state index contributed by atoms with van der Waals surface area (Å²) in [5, 5.41) is 17.4. The van der Waals surface area contributed by atoms with E-state index >= 15 is 0 Å². The highest BCUT2D eigenvalue weighted by Gasteiger charge is 2.01. The third-order valence-electron chi connectivity index (χ3n) is 3.00. The molecule has 2 aromatic rings. The van der Waals surface area contributed by atoms with Gasteiger partial charge in [-0.25, -0.2) is 4.98 Å². The lowest BCUT2D eigenvalue weighted by Crippen LogP contribution is -1.98. The van der Waals surface area contributed by atoms with Crippen LogP contribution >= 0.6 is 0 Å². The largest absolute Gasteiger partial charge is 0.497 e. The molecule has 0 aliphatic carbocycles. The number of benzene rings is 1. The Hall–Kier alpha value is -2.96. The van der Waals surface area contributed by atoms with Crippen LogP contribution in [0.2, 0.25) is 0 Å². The van der Waals surface area contributed by atoms with Gasteiger partial charge in [0.2, 0.25) is 0 Å². The summed E-state index contributed by atoms with van der Waals surface area (Å²) in [6.07, 6.45) is 2.87. The minimum Gasteiger partial charge on any atom is -0.497 e. The van der Waals surface area contributed by atoms with Gasteiger partial charge in [0.1, 0.15) is 17.4 Å². The molecule has 0 fully saturated rings. The van der Waals surface area contributed by atoms with Gasteiger partial charge in [0.05, 0.1) is 7.11 Å². The van der Waals surface area contributed by atoms with Gasteiger partial charge in [-0.15, -0.1) is 5.11 Å². The van der Waals surface area contributed by atoms with E-state index in [1.807, 2.05) is 30.3 Å². The average Bonchev–Trinajstić information content (AvgIpc) is 2.54. The molecule has 0 aliphatic heterocycles. The van der Waals surface area contributed by atoms with E-state index < -0.39 is 0 Å². The van der Waals surface area contributed by atoms with E-state index in [1.54, 1.807) is 19.4 Å². The Kier molecular flexibility index (Phi) is 5.42. The Labute approximate surface area is 128 Å². The maximum atomic E-state index is 7.54. The second-order valence-corrected chi connectivity index (χ2v) is 4.57. The number of rotatable bonds is 6. The van der Waals surface area contributed by atoms with E-state index in [0.717, 1.165) is 17.0 Å². The quantitative estimate of drug-likeness (QED) is 0.250. The van der Waals surface area contributed by atoms with Crippen molar-refractivity contribution in [3.05, 3.63) is 48.2 Å². The van der Waals surface area contributed by atoms with Crippen LogP contribution < -0.4 is 15.9 Å². The Morgan fingerprint density at radius 1 is 1.36 bits per heavy atom. The second-order valence-electron chi connectivity index (χ2n) is 4.57. The molecule has 0 spiro atoms. The Balaban J connectivity index is 2.03. The van der Waals surface area contributed by atoms with Crippen LogP contribution in [0.25, 0.3) is 0 Å². The van der Waals surface area contributed by atoms with Crippen molar-refractivity contribution in [3.63, 3.8) is 0 Å². The molecule has 2 rings (SSSR count). The first-order valence-electron chi connectivity index (χ1n) is 6.75. The van der Waals surface area contributed by atoms with Crippen LogP contribution in [0.4, 0.5) is 11.5 Å². The minimum absolute atomic E-state index is 0.162. The van der Waals surface area contributed by atoms with Gasteiger partial charge < -0.3 is 15.9 Å². The molecule has 0 bridgehead atoms. The molecule has 0 unspecified atom stereocenters. The Morgan fingerprint density at radius 2 is 2.23 bits per heavy atom. The van der Waals surface area contributed by atoms with Crippen LogP contribution in [-0.2, 0) is 6.42 Å². The van der Waals surface area contributed by atoms with Crippen molar-refractivity contribution in [2.45, 2.75) is 12.8 Å². The van der Waals surface area contributed by atoms with Crippen LogP contribution in [-0.4, -0.2) is 17.9 Å². The minimum atomic E-state index is 0.162. The first kappa shape index (κ1) is 15.4. The lowest BCUT2D eigenvalue weighted by atomic mass is 10.1. The molecule has 1 heterocycles. The van der Waals surface area contributed by atoms with Crippen molar-refractivity contribution < 1.29 is 4.74 Å². The van der Waals surface area contributed by atoms with E-state index in [0.29, 0.717) is 18.7 Å². The molecule has 114 valence electrons. The van der Waals surface area contributed by atoms with Crippen molar-refractivity contribution >= 4 is 17.3 Å². The predicted molar refractivity (Wildman–Crippen MR) is 85.6 cm³/mol. The van der Waals surface area contributed by atoms with Gasteiger partial charge >= 0.3 is 0 Å². The fraction of sp³-hybridized carbons (Fsp3) is 0.200. The van der Waals surface area contributed by atoms with Crippen LogP contribution in [0.1, 0.15) is 12.0 Å². The van der Waals surface area contributed by atoms with Crippen molar-refractivity contribution in [1.82, 2.24) is 4.98 Å². The van der Waals surface area contributed by atoms with Crippen molar-refractivity contribution in [3.8, 4) is 5.75 Å². The van der Waals surface area contributed by atoms with Gasteiger partial charge in [-0.05, 0) is 30.2 Å². The Morgan fingerprint density at radius 3 is 3.00 bits per heavy atom. The summed E-state index contributed by atoms with van der Waals surface area (Å²) >= 11 is 0. The monoisotopic (exact) mass is 298 g/mol. The zero-order chi connectivity index (χ0) is 15.8. The molecule has 22 heavy (non-hydrogen) atoms. The molecule has 0 saturated heterocycles. The zero-order valence-electron chi connectivity index (χ0n) is 12.3. The Bertz CT molecular complexity index is 671. The zero-order valence-corrected chi connectivity index (χ0v) is 12.3. The third-order valence-corrected chi connectivity index (χ3v) is 3.00. The second kappa shape index (κ2) is 7.72. The fourth-order valence-corrected chi connectivity index (χ4v) is 1.94. The molecule has 0 saturated carbocycles. The number of amidine groups is 1. The number of ether oxygens (including phenoxy) is 1. The number of anilines is 2. The molecule has 0 aliphatic rings. The van der Waals surface area contributed by atoms with Crippen LogP contribution in [0.15, 0.2) is 52.9 Å². The molecule has 0 atom stereocenters. The van der Waals surface area contributed by atoms with E-state index in [2.05, 4.69) is 20.6 Å². The average molecular weight is 298 g/mol. The number of methoxy groups -OCH3 is 1. The lowest BCUT2D eigenvalue weighted by molar-refractivity contribution is 0.414. The topological polar surface area (TPSA) is 109 Å². The van der Waals surface area contributed by atoms with Gasteiger partial charge in [-0.3, -0.25) is 5.41 Å². The van der Waals surface area contributed by atoms with Gasteiger partial charge in [0, 0.05) is 24.4 Å². The number of nitrogens with zero attached hydrogens (tertiary/aromatic N) is 3. The highest BCUT2D eigenvalue weighted by molar-refractivity contribution is 5.79. The number of hydrogen-bond donors (Lipinski definition) is 3. The normalized spacial score (nSPS) is 10.6. The van der Waals surface area contributed by atoms with Crippen molar-refractivity contribution in [1.29, 1.82) is 5.41 Å². The van der Waals surface area contributed by atoms with Crippen LogP contribution in [0.3, 0.4) is 0 Å². The summed E-state index contributed by atoms with van der Waals surface area (Å²) in [6.45, 7) is 0. The number of pyridine rings is 1. The molecular weight excluding hydrogens is 280 g/mol. The standard InChI is InChI=1S/C15H18N6O/c1-22-13-7-8-18-15(10-13)19-12-4-2-3-11(9-12)5-6-14(16)20-21-17/h2-4,7-10H,5-6H2,1H3,(H,18,19)(H3,16,17,20). The number of hydrogen-bond acceptors (Lipinski definition) is 5. The summed E-state index contributed by atoms with van der Waals surface area (Å²) in [5.41, 5.74) is 2.01. The predicted octanol–water partition coefficient (Wildman–Crippen LogP) is 3.07. The van der Waals surface area contributed by atoms with E-state index in [1.165, 1.54) is 0 Å². The van der Waals surface area contributed by atoms with Gasteiger partial charge in [-0.2, -0.15) is 0 Å². The van der Waals surface area contributed by atoms with Crippen LogP contribution in [0.5, 0.6) is 5.75 Å². The summed E-state index contributed by atoms with van der Waals surface area (Å²) < 4.78 is 5.17. The molecule has 0 radical (unpaired) electrons. The summed E-state index contributed by atoms with van der Waals surface area (Å²) in [6, 6.07) is 11.5. The van der Waals surface area contributed by atoms with Gasteiger partial charge in [0.25, 0.3) is 0 Å². The first-order chi connectivity index (χ1) is 10.7. The molecule has 1 aromatic carbocycles. The number of nitrogens with two attached hydrogens (primary N) is 1. The number of aryl methyl sites for hydroxylation is 1. The maximum Gasteiger partial charge on any atom is 0.145 e. The highest BCUT2D eigenvalue weighted by Crippen LogP contribution is 2.20. The van der Waals surface area contributed by atoms with Gasteiger partial charge in [-0.1, -0.05) is 17.4 Å². The van der Waals surface area contributed by atoms with Gasteiger partial charge in [0.15, 0.2) is 0 Å². The number of nitrogens with one attached hydrogen (secondary N) is 2. The molecule has 7 nitrogen and oxygen atoms in total. The summed E-state index contributed by atoms with van der Waals surface area (Å²) in [4.78, 5) is 4.24. The van der Waals surface area contributed by atoms with E-state index in [-0.39, 0.29) is 5.84 Å². The van der Waals surface area contributed by atoms with Crippen molar-refractivity contribution in [2.24, 2.45) is 16.2 Å². The maximum absolute atomic E-state index is 7.54. The molecule has 0 amide bonds. The highest BCUT2D eigenvalue weighted by atomic mass is 16.5. The third kappa shape index (κ3) is 4.55. The smallest absolute Gasteiger partial charge is 0.145 e. The molecule has 7 heteroatoms. The van der Waals surface area contributed by atoms with E-state index in [4.69, 9.17) is 16.0 Å². The van der Waals surface area contributed by atoms with Crippen LogP contribution in [0, 0.1) is 5.41 Å². The molecule has 4 N–H and O–H groups in total. The number of aromatic nitrogens is 1. The van der Waals surface area contributed by atoms with E-state index in [9.17, 15) is 0 Å². The first-order valence-corrected chi connectivity index (χ1v) is 6.75. The van der Waals surface area contributed by atoms with Crippen molar-refractivity contribution in [2.75, 3.05) is 12.4 Å². The fourth-order valence-electron chi connectivity index (χ4n) is 1.94. The molecular formula is C15H18N6O. The molecule has 1 aromatic heterocycles. The summed E-state index contributed by atoms with van der Waals surface area (Å²) in [5.74, 6) is 6.54.